The first-order valence-electron chi connectivity index (χ1n) is 20.1. The van der Waals surface area contributed by atoms with Crippen molar-refractivity contribution in [3.8, 4) is 5.75 Å². The number of aliphatic hydroxyl groups excluding tert-OH is 1. The van der Waals surface area contributed by atoms with E-state index in [1.54, 1.807) is 7.11 Å². The summed E-state index contributed by atoms with van der Waals surface area (Å²) >= 11 is 0. The lowest BCUT2D eigenvalue weighted by atomic mass is 9.61. The van der Waals surface area contributed by atoms with Gasteiger partial charge in [0.2, 0.25) is 0 Å². The molecule has 1 spiro atoms. The molecule has 1 aromatic carbocycles. The van der Waals surface area contributed by atoms with Gasteiger partial charge >= 0.3 is 0 Å². The third-order valence-electron chi connectivity index (χ3n) is 13.0. The number of fused-ring (bicyclic) bond motifs is 5. The quantitative estimate of drug-likeness (QED) is 0.0699. The molecule has 6 atom stereocenters. The first-order chi connectivity index (χ1) is 24.3. The molecule has 1 aromatic rings. The molecule has 2 heterocycles. The van der Waals surface area contributed by atoms with Crippen molar-refractivity contribution in [3.05, 3.63) is 53.6 Å². The number of hydrogen-bond acceptors (Lipinski definition) is 7. The van der Waals surface area contributed by atoms with Crippen molar-refractivity contribution in [2.45, 2.75) is 154 Å². The highest BCUT2D eigenvalue weighted by Crippen LogP contribution is 2.63. The smallest absolute Gasteiger partial charge is 0.200 e. The van der Waals surface area contributed by atoms with Crippen LogP contribution in [0.5, 0.6) is 5.75 Å². The summed E-state index contributed by atoms with van der Waals surface area (Å²) in [5.41, 5.74) is 2.93. The van der Waals surface area contributed by atoms with Gasteiger partial charge in [-0.15, -0.1) is 0 Å². The highest BCUT2D eigenvalue weighted by atomic mass is 28.4. The van der Waals surface area contributed by atoms with E-state index in [9.17, 15) is 5.11 Å². The average Bonchev–Trinajstić information content (AvgIpc) is 3.81. The van der Waals surface area contributed by atoms with Crippen molar-refractivity contribution in [1.82, 2.24) is 0 Å². The lowest BCUT2D eigenvalue weighted by Crippen LogP contribution is -2.54. The van der Waals surface area contributed by atoms with Crippen LogP contribution in [-0.2, 0) is 30.0 Å². The standard InChI is InChI=1S/C43H70O7Si/c1-11-12-13-14-15-16-17-34-24-37-40(46-26-33-18-20-35(45-10)21-19-33)39(36(34)22-23-49-51(30(2)3,31(4)5)32(6)7)43(27-44)38(50-43)25-42(37)28-47-41(8,9)48-29-42/h11-12,18-21,24,30-32,34,36,38-40,44H,13-17,22-23,25-29H2,1-10H3/b12-11+/t34-,36+,38-,39-,40?,43-/m1/s1. The van der Waals surface area contributed by atoms with E-state index in [4.69, 9.17) is 28.1 Å². The van der Waals surface area contributed by atoms with E-state index < -0.39 is 19.7 Å². The molecular weight excluding hydrogens is 657 g/mol. The van der Waals surface area contributed by atoms with E-state index in [0.717, 1.165) is 43.6 Å². The molecule has 288 valence electrons. The molecule has 4 aliphatic rings. The van der Waals surface area contributed by atoms with Crippen LogP contribution in [-0.4, -0.2) is 70.6 Å². The van der Waals surface area contributed by atoms with Gasteiger partial charge < -0.3 is 33.2 Å². The predicted octanol–water partition coefficient (Wildman–Crippen LogP) is 9.78. The number of allylic oxidation sites excluding steroid dienone is 3. The van der Waals surface area contributed by atoms with E-state index in [0.29, 0.717) is 42.4 Å². The molecule has 5 rings (SSSR count). The first-order valence-corrected chi connectivity index (χ1v) is 22.2. The van der Waals surface area contributed by atoms with Gasteiger partial charge in [-0.1, -0.05) is 84.7 Å². The van der Waals surface area contributed by atoms with Gasteiger partial charge in [0.15, 0.2) is 14.1 Å². The van der Waals surface area contributed by atoms with Gasteiger partial charge in [0.1, 0.15) is 11.4 Å². The van der Waals surface area contributed by atoms with Gasteiger partial charge in [0.25, 0.3) is 0 Å². The van der Waals surface area contributed by atoms with Crippen molar-refractivity contribution < 1.29 is 33.2 Å². The topological polar surface area (TPSA) is 78.9 Å². The first kappa shape index (κ1) is 40.7. The molecule has 0 amide bonds. The fraction of sp³-hybridized carbons (Fsp3) is 0.767. The summed E-state index contributed by atoms with van der Waals surface area (Å²) in [7, 11) is -0.367. The molecule has 1 N–H and O–H groups in total. The number of hydrogen-bond donors (Lipinski definition) is 1. The largest absolute Gasteiger partial charge is 0.497 e. The van der Waals surface area contributed by atoms with Crippen molar-refractivity contribution in [1.29, 1.82) is 0 Å². The number of aliphatic hydroxyl groups is 1. The third-order valence-corrected chi connectivity index (χ3v) is 19.1. The Bertz CT molecular complexity index is 1290. The van der Waals surface area contributed by atoms with Crippen molar-refractivity contribution in [3.63, 3.8) is 0 Å². The van der Waals surface area contributed by atoms with Gasteiger partial charge in [-0.25, -0.2) is 0 Å². The van der Waals surface area contributed by atoms with Crippen LogP contribution in [0, 0.1) is 23.2 Å². The number of unbranched alkanes of at least 4 members (excludes halogenated alkanes) is 3. The molecule has 0 aromatic heterocycles. The highest BCUT2D eigenvalue weighted by molar-refractivity contribution is 6.77. The molecule has 2 saturated heterocycles. The van der Waals surface area contributed by atoms with E-state index >= 15 is 0 Å². The van der Waals surface area contributed by atoms with Crippen LogP contribution in [0.15, 0.2) is 48.1 Å². The Labute approximate surface area is 311 Å². The molecule has 0 radical (unpaired) electrons. The van der Waals surface area contributed by atoms with Gasteiger partial charge in [0, 0.05) is 17.9 Å². The van der Waals surface area contributed by atoms with Gasteiger partial charge in [0.05, 0.1) is 45.7 Å². The number of rotatable bonds is 18. The normalized spacial score (nSPS) is 29.8. The molecule has 2 bridgehead atoms. The maximum atomic E-state index is 11.3. The third kappa shape index (κ3) is 8.43. The summed E-state index contributed by atoms with van der Waals surface area (Å²) in [4.78, 5) is 0. The van der Waals surface area contributed by atoms with Crippen LogP contribution < -0.4 is 4.74 Å². The zero-order valence-electron chi connectivity index (χ0n) is 33.5. The van der Waals surface area contributed by atoms with Crippen molar-refractivity contribution >= 4 is 8.32 Å². The summed E-state index contributed by atoms with van der Waals surface area (Å²) in [6, 6.07) is 8.15. The molecule has 2 aliphatic heterocycles. The molecule has 3 fully saturated rings. The molecule has 7 nitrogen and oxygen atoms in total. The Morgan fingerprint density at radius 1 is 0.941 bits per heavy atom. The van der Waals surface area contributed by atoms with Crippen molar-refractivity contribution in [2.24, 2.45) is 23.2 Å². The number of methoxy groups -OCH3 is 1. The summed E-state index contributed by atoms with van der Waals surface area (Å²) in [6.45, 7) is 22.6. The second-order valence-corrected chi connectivity index (χ2v) is 22.9. The summed E-state index contributed by atoms with van der Waals surface area (Å²) in [5.74, 6) is 0.748. The second-order valence-electron chi connectivity index (χ2n) is 17.4. The van der Waals surface area contributed by atoms with Crippen LogP contribution >= 0.6 is 0 Å². The van der Waals surface area contributed by atoms with Gasteiger partial charge in [-0.3, -0.25) is 0 Å². The number of ether oxygens (including phenoxy) is 5. The Balaban J connectivity index is 1.54. The summed E-state index contributed by atoms with van der Waals surface area (Å²) in [5, 5.41) is 11.3. The fourth-order valence-corrected chi connectivity index (χ4v) is 15.8. The van der Waals surface area contributed by atoms with Crippen LogP contribution in [0.4, 0.5) is 0 Å². The monoisotopic (exact) mass is 726 g/mol. The maximum Gasteiger partial charge on any atom is 0.200 e. The second kappa shape index (κ2) is 16.9. The van der Waals surface area contributed by atoms with Crippen LogP contribution in [0.25, 0.3) is 0 Å². The van der Waals surface area contributed by atoms with Gasteiger partial charge in [-0.05, 0) is 105 Å². The Kier molecular flexibility index (Phi) is 13.5. The maximum absolute atomic E-state index is 11.3. The minimum Gasteiger partial charge on any atom is -0.497 e. The molecule has 2 aliphatic carbocycles. The summed E-state index contributed by atoms with van der Waals surface area (Å²) in [6.07, 6.45) is 14.2. The Morgan fingerprint density at radius 3 is 2.20 bits per heavy atom. The lowest BCUT2D eigenvalue weighted by Gasteiger charge is -2.51. The van der Waals surface area contributed by atoms with Crippen LogP contribution in [0.1, 0.15) is 113 Å². The van der Waals surface area contributed by atoms with Crippen molar-refractivity contribution in [2.75, 3.05) is 33.5 Å². The molecular formula is C43H70O7Si. The Hall–Kier alpha value is -1.52. The fourth-order valence-electron chi connectivity index (χ4n) is 10.3. The lowest BCUT2D eigenvalue weighted by molar-refractivity contribution is -0.282. The highest BCUT2D eigenvalue weighted by Gasteiger charge is 2.71. The zero-order valence-corrected chi connectivity index (χ0v) is 34.5. The SMILES string of the molecule is C/C=C/CCCCC[C@@H]1C=C2C(OCc3ccc(OC)cc3)[C@@H]([C@H]1CCO[Si](C(C)C)(C(C)C)C(C)C)[C@]1(CO)O[C@@H]1CC21COC(C)(C)OC1. The van der Waals surface area contributed by atoms with Crippen LogP contribution in [0.2, 0.25) is 16.6 Å². The number of benzene rings is 1. The van der Waals surface area contributed by atoms with Gasteiger partial charge in [-0.2, -0.15) is 0 Å². The molecule has 8 heteroatoms. The van der Waals surface area contributed by atoms with E-state index in [1.807, 2.05) is 26.0 Å². The minimum absolute atomic E-state index is 0.00935. The van der Waals surface area contributed by atoms with E-state index in [1.165, 1.54) is 24.8 Å². The van der Waals surface area contributed by atoms with E-state index in [-0.39, 0.29) is 36.1 Å². The number of epoxide rings is 1. The molecule has 1 unspecified atom stereocenters. The average molecular weight is 727 g/mol. The minimum atomic E-state index is -2.06. The predicted molar refractivity (Wildman–Crippen MR) is 207 cm³/mol. The molecule has 51 heavy (non-hydrogen) atoms. The van der Waals surface area contributed by atoms with Crippen LogP contribution in [0.3, 0.4) is 0 Å². The van der Waals surface area contributed by atoms with E-state index in [2.05, 4.69) is 78.8 Å². The molecule has 1 saturated carbocycles. The Morgan fingerprint density at radius 2 is 1.61 bits per heavy atom. The zero-order chi connectivity index (χ0) is 37.0. The summed E-state index contributed by atoms with van der Waals surface area (Å²) < 4.78 is 39.5.